The van der Waals surface area contributed by atoms with Crippen LogP contribution in [0.15, 0.2) is 35.4 Å². The van der Waals surface area contributed by atoms with Crippen molar-refractivity contribution < 1.29 is 14.3 Å². The third kappa shape index (κ3) is 5.51. The molecule has 172 valence electrons. The molecular formula is C24H30ClN3O4. The molecule has 0 aliphatic carbocycles. The Labute approximate surface area is 192 Å². The van der Waals surface area contributed by atoms with Crippen LogP contribution in [0.5, 0.6) is 5.75 Å². The first-order valence-electron chi connectivity index (χ1n) is 10.6. The van der Waals surface area contributed by atoms with Gasteiger partial charge in [-0.2, -0.15) is 0 Å². The summed E-state index contributed by atoms with van der Waals surface area (Å²) < 4.78 is 13.0. The van der Waals surface area contributed by atoms with Gasteiger partial charge in [0.05, 0.1) is 22.0 Å². The number of carbonyl (C=O) groups excluding carboxylic acids is 1. The zero-order chi connectivity index (χ0) is 23.6. The Morgan fingerprint density at radius 3 is 2.59 bits per heavy atom. The Bertz CT molecular complexity index is 1200. The van der Waals surface area contributed by atoms with E-state index in [1.165, 1.54) is 0 Å². The van der Waals surface area contributed by atoms with E-state index in [0.29, 0.717) is 34.0 Å². The van der Waals surface area contributed by atoms with Gasteiger partial charge in [0.25, 0.3) is 5.56 Å². The van der Waals surface area contributed by atoms with Crippen LogP contribution >= 0.6 is 11.6 Å². The molecule has 7 nitrogen and oxygen atoms in total. The van der Waals surface area contributed by atoms with Gasteiger partial charge in [0.1, 0.15) is 18.0 Å². The van der Waals surface area contributed by atoms with Gasteiger partial charge in [0, 0.05) is 30.9 Å². The number of rotatable bonds is 6. The fourth-order valence-electron chi connectivity index (χ4n) is 3.64. The van der Waals surface area contributed by atoms with Crippen molar-refractivity contribution in [2.24, 2.45) is 13.0 Å². The summed E-state index contributed by atoms with van der Waals surface area (Å²) in [6.45, 7) is 9.82. The van der Waals surface area contributed by atoms with Gasteiger partial charge in [-0.25, -0.2) is 4.79 Å². The lowest BCUT2D eigenvalue weighted by Crippen LogP contribution is -2.42. The quantitative estimate of drug-likeness (QED) is 0.521. The number of alkyl carbamates (subject to hydrolysis) is 1. The highest BCUT2D eigenvalue weighted by Gasteiger charge is 2.21. The van der Waals surface area contributed by atoms with Gasteiger partial charge in [0.15, 0.2) is 0 Å². The maximum absolute atomic E-state index is 12.7. The third-order valence-corrected chi connectivity index (χ3v) is 5.27. The summed E-state index contributed by atoms with van der Waals surface area (Å²) in [6.07, 6.45) is 3.44. The number of amides is 1. The molecule has 0 saturated heterocycles. The smallest absolute Gasteiger partial charge is 0.407 e. The number of hydrogen-bond donors (Lipinski definition) is 1. The maximum atomic E-state index is 12.7. The number of aryl methyl sites for hydroxylation is 1. The zero-order valence-corrected chi connectivity index (χ0v) is 20.1. The van der Waals surface area contributed by atoms with Crippen LogP contribution in [0, 0.1) is 5.92 Å². The summed E-state index contributed by atoms with van der Waals surface area (Å²) in [5, 5.41) is 5.47. The molecule has 3 aromatic rings. The van der Waals surface area contributed by atoms with Crippen molar-refractivity contribution in [2.45, 2.75) is 52.7 Å². The fraction of sp³-hybridized carbons (Fsp3) is 0.458. The lowest BCUT2D eigenvalue weighted by atomic mass is 10.0. The highest BCUT2D eigenvalue weighted by Crippen LogP contribution is 2.32. The zero-order valence-electron chi connectivity index (χ0n) is 19.4. The van der Waals surface area contributed by atoms with Crippen LogP contribution < -0.4 is 15.6 Å². The first kappa shape index (κ1) is 23.9. The van der Waals surface area contributed by atoms with Gasteiger partial charge >= 0.3 is 6.09 Å². The van der Waals surface area contributed by atoms with Crippen molar-refractivity contribution in [1.82, 2.24) is 14.9 Å². The highest BCUT2D eigenvalue weighted by molar-refractivity contribution is 6.33. The number of hydrogen-bond acceptors (Lipinski definition) is 5. The Morgan fingerprint density at radius 1 is 1.22 bits per heavy atom. The number of pyridine rings is 2. The predicted octanol–water partition coefficient (Wildman–Crippen LogP) is 5.06. The van der Waals surface area contributed by atoms with Crippen LogP contribution in [0.25, 0.3) is 21.7 Å². The summed E-state index contributed by atoms with van der Waals surface area (Å²) >= 11 is 6.54. The molecule has 3 rings (SSSR count). The summed E-state index contributed by atoms with van der Waals surface area (Å²) in [6, 6.07) is 5.10. The molecule has 1 unspecified atom stereocenters. The number of nitrogens with zero attached hydrogens (tertiary/aromatic N) is 2. The van der Waals surface area contributed by atoms with E-state index in [4.69, 9.17) is 21.1 Å². The topological polar surface area (TPSA) is 82.5 Å². The molecule has 2 heterocycles. The minimum Gasteiger partial charge on any atom is -0.490 e. The molecule has 0 spiro atoms. The van der Waals surface area contributed by atoms with E-state index in [0.717, 1.165) is 10.8 Å². The van der Waals surface area contributed by atoms with Crippen LogP contribution in [-0.4, -0.2) is 33.9 Å². The van der Waals surface area contributed by atoms with Crippen molar-refractivity contribution in [3.8, 4) is 5.75 Å². The molecule has 1 amide bonds. The molecule has 0 saturated carbocycles. The minimum absolute atomic E-state index is 0.141. The number of ether oxygens (including phenoxy) is 2. The van der Waals surface area contributed by atoms with E-state index in [1.54, 1.807) is 42.2 Å². The van der Waals surface area contributed by atoms with Crippen LogP contribution in [0.4, 0.5) is 4.79 Å². The molecule has 1 atom stereocenters. The van der Waals surface area contributed by atoms with Crippen molar-refractivity contribution in [2.75, 3.05) is 6.61 Å². The van der Waals surface area contributed by atoms with E-state index in [-0.39, 0.29) is 18.2 Å². The van der Waals surface area contributed by atoms with Crippen molar-refractivity contribution >= 4 is 39.4 Å². The Morgan fingerprint density at radius 2 is 1.94 bits per heavy atom. The van der Waals surface area contributed by atoms with E-state index in [2.05, 4.69) is 24.1 Å². The lowest BCUT2D eigenvalue weighted by Gasteiger charge is -2.25. The number of carbonyl (C=O) groups is 1. The normalized spacial score (nSPS) is 12.9. The summed E-state index contributed by atoms with van der Waals surface area (Å²) in [5.74, 6) is 0.786. The Hall–Kier alpha value is -2.80. The van der Waals surface area contributed by atoms with Gasteiger partial charge < -0.3 is 19.4 Å². The van der Waals surface area contributed by atoms with Crippen LogP contribution in [0.3, 0.4) is 0 Å². The maximum Gasteiger partial charge on any atom is 0.407 e. The Balaban J connectivity index is 1.89. The number of fused-ring (bicyclic) bond motifs is 3. The summed E-state index contributed by atoms with van der Waals surface area (Å²) in [5.41, 5.74) is -0.0234. The highest BCUT2D eigenvalue weighted by atomic mass is 35.5. The summed E-state index contributed by atoms with van der Waals surface area (Å²) in [7, 11) is 1.71. The molecule has 32 heavy (non-hydrogen) atoms. The molecule has 1 aromatic carbocycles. The van der Waals surface area contributed by atoms with Crippen LogP contribution in [0.1, 0.15) is 41.0 Å². The number of benzene rings is 1. The Kier molecular flexibility index (Phi) is 6.98. The van der Waals surface area contributed by atoms with Crippen molar-refractivity contribution in [3.05, 3.63) is 46.0 Å². The first-order chi connectivity index (χ1) is 15.0. The molecule has 0 radical (unpaired) electrons. The largest absolute Gasteiger partial charge is 0.490 e. The third-order valence-electron chi connectivity index (χ3n) is 4.97. The summed E-state index contributed by atoms with van der Waals surface area (Å²) in [4.78, 5) is 29.1. The van der Waals surface area contributed by atoms with Crippen LogP contribution in [0.2, 0.25) is 5.02 Å². The van der Waals surface area contributed by atoms with E-state index >= 15 is 0 Å². The van der Waals surface area contributed by atoms with Crippen molar-refractivity contribution in [1.29, 1.82) is 0 Å². The fourth-order valence-corrected chi connectivity index (χ4v) is 3.86. The van der Waals surface area contributed by atoms with Crippen molar-refractivity contribution in [3.63, 3.8) is 0 Å². The van der Waals surface area contributed by atoms with E-state index in [9.17, 15) is 9.59 Å². The SMILES string of the molecule is CC(C)CC(COc1cc2c(cc1Cl)c1ccncc1c(=O)n2C)NC(=O)OC(C)(C)C. The molecule has 0 bridgehead atoms. The molecule has 2 aromatic heterocycles. The molecule has 8 heteroatoms. The van der Waals surface area contributed by atoms with E-state index < -0.39 is 11.7 Å². The molecular weight excluding hydrogens is 430 g/mol. The average molecular weight is 460 g/mol. The second kappa shape index (κ2) is 9.36. The monoisotopic (exact) mass is 459 g/mol. The van der Waals surface area contributed by atoms with Gasteiger partial charge in [-0.05, 0) is 50.6 Å². The van der Waals surface area contributed by atoms with Gasteiger partial charge in [-0.3, -0.25) is 9.78 Å². The second-order valence-corrected chi connectivity index (χ2v) is 9.78. The number of nitrogens with one attached hydrogen (secondary N) is 1. The van der Waals surface area contributed by atoms with Gasteiger partial charge in [0.2, 0.25) is 0 Å². The average Bonchev–Trinajstić information content (AvgIpc) is 2.68. The molecule has 0 fully saturated rings. The number of aromatic nitrogens is 2. The molecule has 0 aliphatic heterocycles. The molecule has 1 N–H and O–H groups in total. The predicted molar refractivity (Wildman–Crippen MR) is 128 cm³/mol. The first-order valence-corrected chi connectivity index (χ1v) is 11.0. The number of halogens is 1. The minimum atomic E-state index is -0.585. The van der Waals surface area contributed by atoms with E-state index in [1.807, 2.05) is 20.8 Å². The van der Waals surface area contributed by atoms with Gasteiger partial charge in [-0.1, -0.05) is 25.4 Å². The molecule has 0 aliphatic rings. The second-order valence-electron chi connectivity index (χ2n) is 9.37. The lowest BCUT2D eigenvalue weighted by molar-refractivity contribution is 0.0480. The van der Waals surface area contributed by atoms with Crippen LogP contribution in [-0.2, 0) is 11.8 Å². The standard InChI is InChI=1S/C24H30ClN3O4/c1-14(2)9-15(27-23(30)32-24(3,4)5)13-31-21-11-20-17(10-19(21)25)16-7-8-26-12-18(16)22(29)28(20)6/h7-8,10-12,14-15H,9,13H2,1-6H3,(H,27,30). The van der Waals surface area contributed by atoms with Gasteiger partial charge in [-0.15, -0.1) is 0 Å².